The summed E-state index contributed by atoms with van der Waals surface area (Å²) in [6, 6.07) is 3.14. The second-order valence-corrected chi connectivity index (χ2v) is 4.17. The number of urea groups is 1. The molecular formula is C12H15N3O4. The number of nitrogens with zero attached hydrogens (tertiary/aromatic N) is 2. The SMILES string of the molecule is Cc1ccc(OCCN2CCNC2=O)c(C(=O)O)n1. The topological polar surface area (TPSA) is 91.8 Å². The van der Waals surface area contributed by atoms with Gasteiger partial charge in [-0.2, -0.15) is 0 Å². The van der Waals surface area contributed by atoms with E-state index in [0.29, 0.717) is 25.3 Å². The summed E-state index contributed by atoms with van der Waals surface area (Å²) < 4.78 is 5.40. The summed E-state index contributed by atoms with van der Waals surface area (Å²) >= 11 is 0. The van der Waals surface area contributed by atoms with Crippen LogP contribution in [0.25, 0.3) is 0 Å². The van der Waals surface area contributed by atoms with E-state index in [0.717, 1.165) is 0 Å². The number of ether oxygens (including phenoxy) is 1. The molecule has 0 aliphatic carbocycles. The molecule has 1 aliphatic rings. The lowest BCUT2D eigenvalue weighted by molar-refractivity contribution is 0.0684. The van der Waals surface area contributed by atoms with Crippen LogP contribution in [0, 0.1) is 6.92 Å². The number of hydrogen-bond donors (Lipinski definition) is 2. The predicted molar refractivity (Wildman–Crippen MR) is 66.4 cm³/mol. The van der Waals surface area contributed by atoms with E-state index in [1.807, 2.05) is 0 Å². The molecule has 1 saturated heterocycles. The monoisotopic (exact) mass is 265 g/mol. The molecular weight excluding hydrogens is 250 g/mol. The van der Waals surface area contributed by atoms with Gasteiger partial charge in [0.25, 0.3) is 0 Å². The average molecular weight is 265 g/mol. The van der Waals surface area contributed by atoms with Crippen LogP contribution in [0.1, 0.15) is 16.2 Å². The third-order valence-electron chi connectivity index (χ3n) is 2.76. The highest BCUT2D eigenvalue weighted by molar-refractivity contribution is 5.88. The molecule has 0 spiro atoms. The molecule has 2 heterocycles. The number of rotatable bonds is 5. The Labute approximate surface area is 110 Å². The molecule has 7 heteroatoms. The molecule has 0 radical (unpaired) electrons. The molecule has 2 amide bonds. The van der Waals surface area contributed by atoms with Gasteiger partial charge in [-0.25, -0.2) is 14.6 Å². The molecule has 0 saturated carbocycles. The smallest absolute Gasteiger partial charge is 0.358 e. The fourth-order valence-electron chi connectivity index (χ4n) is 1.80. The van der Waals surface area contributed by atoms with Gasteiger partial charge in [0, 0.05) is 18.8 Å². The summed E-state index contributed by atoms with van der Waals surface area (Å²) in [5.41, 5.74) is 0.509. The standard InChI is InChI=1S/C12H15N3O4/c1-8-2-3-9(10(14-8)11(16)17)19-7-6-15-5-4-13-12(15)18/h2-3H,4-7H2,1H3,(H,13,18)(H,16,17). The van der Waals surface area contributed by atoms with E-state index in [1.54, 1.807) is 24.0 Å². The van der Waals surface area contributed by atoms with Crippen LogP contribution in [0.3, 0.4) is 0 Å². The number of hydrogen-bond acceptors (Lipinski definition) is 4. The molecule has 102 valence electrons. The van der Waals surface area contributed by atoms with E-state index in [4.69, 9.17) is 9.84 Å². The van der Waals surface area contributed by atoms with E-state index in [-0.39, 0.29) is 24.1 Å². The third kappa shape index (κ3) is 3.12. The Balaban J connectivity index is 1.95. The molecule has 19 heavy (non-hydrogen) atoms. The van der Waals surface area contributed by atoms with Gasteiger partial charge in [0.2, 0.25) is 0 Å². The number of carbonyl (C=O) groups excluding carboxylic acids is 1. The predicted octanol–water partition coefficient (Wildman–Crippen LogP) is 0.492. The van der Waals surface area contributed by atoms with Crippen LogP contribution in [0.15, 0.2) is 12.1 Å². The number of pyridine rings is 1. The maximum atomic E-state index is 11.3. The molecule has 0 bridgehead atoms. The van der Waals surface area contributed by atoms with Crippen LogP contribution in [-0.2, 0) is 0 Å². The summed E-state index contributed by atoms with van der Waals surface area (Å²) in [7, 11) is 0. The first kappa shape index (κ1) is 13.1. The molecule has 0 aromatic carbocycles. The minimum Gasteiger partial charge on any atom is -0.489 e. The Morgan fingerprint density at radius 3 is 3.00 bits per heavy atom. The summed E-state index contributed by atoms with van der Waals surface area (Å²) in [4.78, 5) is 27.9. The number of nitrogens with one attached hydrogen (secondary N) is 1. The largest absolute Gasteiger partial charge is 0.489 e. The zero-order chi connectivity index (χ0) is 13.8. The molecule has 1 aromatic rings. The Bertz CT molecular complexity index is 504. The van der Waals surface area contributed by atoms with Gasteiger partial charge >= 0.3 is 12.0 Å². The average Bonchev–Trinajstić information content (AvgIpc) is 2.77. The van der Waals surface area contributed by atoms with Crippen LogP contribution in [0.4, 0.5) is 4.79 Å². The molecule has 1 fully saturated rings. The van der Waals surface area contributed by atoms with Crippen LogP contribution in [0.5, 0.6) is 5.75 Å². The van der Waals surface area contributed by atoms with Gasteiger partial charge in [0.1, 0.15) is 6.61 Å². The second-order valence-electron chi connectivity index (χ2n) is 4.17. The fourth-order valence-corrected chi connectivity index (χ4v) is 1.80. The quantitative estimate of drug-likeness (QED) is 0.808. The highest BCUT2D eigenvalue weighted by atomic mass is 16.5. The summed E-state index contributed by atoms with van der Waals surface area (Å²) in [6.07, 6.45) is 0. The molecule has 7 nitrogen and oxygen atoms in total. The van der Waals surface area contributed by atoms with Crippen molar-refractivity contribution in [3.63, 3.8) is 0 Å². The zero-order valence-electron chi connectivity index (χ0n) is 10.5. The van der Waals surface area contributed by atoms with Crippen LogP contribution < -0.4 is 10.1 Å². The van der Waals surface area contributed by atoms with Crippen molar-refractivity contribution >= 4 is 12.0 Å². The fraction of sp³-hybridized carbons (Fsp3) is 0.417. The molecule has 2 N–H and O–H groups in total. The Kier molecular flexibility index (Phi) is 3.84. The number of carbonyl (C=O) groups is 2. The van der Waals surface area contributed by atoms with Crippen molar-refractivity contribution in [2.75, 3.05) is 26.2 Å². The highest BCUT2D eigenvalue weighted by Crippen LogP contribution is 2.16. The number of aromatic carboxylic acids is 1. The number of aryl methyl sites for hydroxylation is 1. The Morgan fingerprint density at radius 1 is 1.58 bits per heavy atom. The number of carboxylic acids is 1. The minimum absolute atomic E-state index is 0.106. The van der Waals surface area contributed by atoms with Gasteiger partial charge in [-0.3, -0.25) is 0 Å². The Morgan fingerprint density at radius 2 is 2.37 bits per heavy atom. The first-order valence-electron chi connectivity index (χ1n) is 5.94. The Hall–Kier alpha value is -2.31. The maximum Gasteiger partial charge on any atom is 0.358 e. The van der Waals surface area contributed by atoms with Gasteiger partial charge in [-0.05, 0) is 19.1 Å². The van der Waals surface area contributed by atoms with Gasteiger partial charge in [0.15, 0.2) is 11.4 Å². The lowest BCUT2D eigenvalue weighted by Crippen LogP contribution is -2.32. The lowest BCUT2D eigenvalue weighted by Gasteiger charge is -2.15. The van der Waals surface area contributed by atoms with Gasteiger partial charge in [-0.1, -0.05) is 0 Å². The van der Waals surface area contributed by atoms with E-state index in [1.165, 1.54) is 0 Å². The summed E-state index contributed by atoms with van der Waals surface area (Å²) in [5.74, 6) is -0.907. The number of amides is 2. The van der Waals surface area contributed by atoms with Crippen LogP contribution in [-0.4, -0.2) is 53.2 Å². The zero-order valence-corrected chi connectivity index (χ0v) is 10.5. The number of aromatic nitrogens is 1. The first-order chi connectivity index (χ1) is 9.08. The van der Waals surface area contributed by atoms with E-state index >= 15 is 0 Å². The van der Waals surface area contributed by atoms with E-state index in [2.05, 4.69) is 10.3 Å². The van der Waals surface area contributed by atoms with Crippen LogP contribution >= 0.6 is 0 Å². The molecule has 1 aromatic heterocycles. The molecule has 2 rings (SSSR count). The van der Waals surface area contributed by atoms with E-state index in [9.17, 15) is 9.59 Å². The van der Waals surface area contributed by atoms with Crippen molar-refractivity contribution in [1.29, 1.82) is 0 Å². The molecule has 0 unspecified atom stereocenters. The molecule has 1 aliphatic heterocycles. The highest BCUT2D eigenvalue weighted by Gasteiger charge is 2.19. The van der Waals surface area contributed by atoms with Crippen molar-refractivity contribution in [2.24, 2.45) is 0 Å². The van der Waals surface area contributed by atoms with Crippen molar-refractivity contribution in [2.45, 2.75) is 6.92 Å². The van der Waals surface area contributed by atoms with E-state index < -0.39 is 5.97 Å². The van der Waals surface area contributed by atoms with Crippen LogP contribution in [0.2, 0.25) is 0 Å². The van der Waals surface area contributed by atoms with Crippen molar-refractivity contribution in [3.05, 3.63) is 23.5 Å². The van der Waals surface area contributed by atoms with Gasteiger partial charge in [0.05, 0.1) is 6.54 Å². The molecule has 0 atom stereocenters. The van der Waals surface area contributed by atoms with Crippen molar-refractivity contribution in [1.82, 2.24) is 15.2 Å². The minimum atomic E-state index is -1.13. The maximum absolute atomic E-state index is 11.3. The van der Waals surface area contributed by atoms with Gasteiger partial charge in [-0.15, -0.1) is 0 Å². The van der Waals surface area contributed by atoms with Crippen molar-refractivity contribution in [3.8, 4) is 5.75 Å². The van der Waals surface area contributed by atoms with Crippen molar-refractivity contribution < 1.29 is 19.4 Å². The van der Waals surface area contributed by atoms with Gasteiger partial charge < -0.3 is 20.1 Å². The number of carboxylic acid groups (broad SMARTS) is 1. The third-order valence-corrected chi connectivity index (χ3v) is 2.76. The lowest BCUT2D eigenvalue weighted by atomic mass is 10.3. The first-order valence-corrected chi connectivity index (χ1v) is 5.94. The second kappa shape index (κ2) is 5.55. The summed E-state index contributed by atoms with van der Waals surface area (Å²) in [5, 5.41) is 11.7. The normalized spacial score (nSPS) is 14.4. The summed E-state index contributed by atoms with van der Waals surface area (Å²) in [6.45, 7) is 3.63.